The summed E-state index contributed by atoms with van der Waals surface area (Å²) in [6.07, 6.45) is 0.335. The largest absolute Gasteiger partial charge is 0.460 e. The van der Waals surface area contributed by atoms with Crippen LogP contribution in [-0.2, 0) is 9.53 Å². The van der Waals surface area contributed by atoms with Gasteiger partial charge in [0.25, 0.3) is 0 Å². The maximum Gasteiger partial charge on any atom is 0.307 e. The van der Waals surface area contributed by atoms with Gasteiger partial charge in [-0.15, -0.1) is 0 Å². The standard InChI is InChI=1S/C13H22O2/c1-9(2)11(10(3)4)8-12(14)15-13(5,6)7/h11H,1,3,8H2,2,4-7H3. The summed E-state index contributed by atoms with van der Waals surface area (Å²) in [4.78, 5) is 11.6. The van der Waals surface area contributed by atoms with Gasteiger partial charge in [0.1, 0.15) is 5.60 Å². The summed E-state index contributed by atoms with van der Waals surface area (Å²) >= 11 is 0. The van der Waals surface area contributed by atoms with Gasteiger partial charge in [-0.25, -0.2) is 0 Å². The van der Waals surface area contributed by atoms with E-state index < -0.39 is 5.60 Å². The normalized spacial score (nSPS) is 11.3. The highest BCUT2D eigenvalue weighted by Gasteiger charge is 2.21. The molecule has 0 aliphatic carbocycles. The average Bonchev–Trinajstić information content (AvgIpc) is 1.95. The van der Waals surface area contributed by atoms with Crippen LogP contribution < -0.4 is 0 Å². The van der Waals surface area contributed by atoms with Crippen molar-refractivity contribution < 1.29 is 9.53 Å². The third-order valence-electron chi connectivity index (χ3n) is 1.98. The lowest BCUT2D eigenvalue weighted by Crippen LogP contribution is -2.25. The minimum atomic E-state index is -0.425. The lowest BCUT2D eigenvalue weighted by Gasteiger charge is -2.22. The Labute approximate surface area is 93.0 Å². The van der Waals surface area contributed by atoms with Crippen molar-refractivity contribution in [2.45, 2.75) is 46.6 Å². The molecule has 86 valence electrons. The molecule has 0 aliphatic rings. The number of ether oxygens (including phenoxy) is 1. The van der Waals surface area contributed by atoms with Crippen molar-refractivity contribution in [3.8, 4) is 0 Å². The van der Waals surface area contributed by atoms with Crippen LogP contribution in [-0.4, -0.2) is 11.6 Å². The number of carbonyl (C=O) groups is 1. The molecular weight excluding hydrogens is 188 g/mol. The van der Waals surface area contributed by atoms with Gasteiger partial charge in [0.15, 0.2) is 0 Å². The summed E-state index contributed by atoms with van der Waals surface area (Å²) in [5.74, 6) is -0.168. The van der Waals surface area contributed by atoms with Gasteiger partial charge in [0.05, 0.1) is 6.42 Å². The summed E-state index contributed by atoms with van der Waals surface area (Å²) < 4.78 is 5.25. The minimum Gasteiger partial charge on any atom is -0.460 e. The number of carbonyl (C=O) groups excluding carboxylic acids is 1. The van der Waals surface area contributed by atoms with E-state index in [2.05, 4.69) is 13.2 Å². The second-order valence-electron chi connectivity index (χ2n) is 5.04. The Balaban J connectivity index is 4.38. The van der Waals surface area contributed by atoms with Crippen molar-refractivity contribution >= 4 is 5.97 Å². The fourth-order valence-electron chi connectivity index (χ4n) is 1.32. The quantitative estimate of drug-likeness (QED) is 0.524. The third-order valence-corrected chi connectivity index (χ3v) is 1.98. The Kier molecular flexibility index (Phi) is 4.79. The fourth-order valence-corrected chi connectivity index (χ4v) is 1.32. The molecule has 15 heavy (non-hydrogen) atoms. The molecule has 0 aliphatic heterocycles. The average molecular weight is 210 g/mol. The third kappa shape index (κ3) is 6.10. The smallest absolute Gasteiger partial charge is 0.307 e. The van der Waals surface area contributed by atoms with Crippen LogP contribution in [0.4, 0.5) is 0 Å². The van der Waals surface area contributed by atoms with Crippen LogP contribution in [0.1, 0.15) is 41.0 Å². The molecule has 0 bridgehead atoms. The Hall–Kier alpha value is -1.05. The fraction of sp³-hybridized carbons (Fsp3) is 0.615. The van der Waals surface area contributed by atoms with Gasteiger partial charge in [-0.1, -0.05) is 24.3 Å². The zero-order chi connectivity index (χ0) is 12.2. The van der Waals surface area contributed by atoms with Crippen LogP contribution in [0.15, 0.2) is 24.3 Å². The molecule has 0 heterocycles. The van der Waals surface area contributed by atoms with Crippen molar-refractivity contribution in [2.24, 2.45) is 5.92 Å². The molecule has 2 nitrogen and oxygen atoms in total. The second-order valence-corrected chi connectivity index (χ2v) is 5.04. The summed E-state index contributed by atoms with van der Waals surface area (Å²) in [5.41, 5.74) is 1.48. The van der Waals surface area contributed by atoms with E-state index in [1.807, 2.05) is 34.6 Å². The Morgan fingerprint density at radius 3 is 1.87 bits per heavy atom. The second kappa shape index (κ2) is 5.15. The van der Waals surface area contributed by atoms with Gasteiger partial charge < -0.3 is 4.74 Å². The number of rotatable bonds is 4. The van der Waals surface area contributed by atoms with E-state index in [4.69, 9.17) is 4.74 Å². The van der Waals surface area contributed by atoms with Gasteiger partial charge >= 0.3 is 5.97 Å². The van der Waals surface area contributed by atoms with Crippen LogP contribution >= 0.6 is 0 Å². The zero-order valence-electron chi connectivity index (χ0n) is 10.5. The van der Waals surface area contributed by atoms with Crippen LogP contribution in [0, 0.1) is 5.92 Å². The summed E-state index contributed by atoms with van der Waals surface area (Å²) in [6.45, 7) is 17.1. The van der Waals surface area contributed by atoms with Crippen molar-refractivity contribution in [1.29, 1.82) is 0 Å². The lowest BCUT2D eigenvalue weighted by molar-refractivity contribution is -0.155. The molecule has 0 aromatic carbocycles. The number of hydrogen-bond donors (Lipinski definition) is 0. The van der Waals surface area contributed by atoms with Gasteiger partial charge in [-0.2, -0.15) is 0 Å². The first-order valence-electron chi connectivity index (χ1n) is 5.16. The predicted octanol–water partition coefficient (Wildman–Crippen LogP) is 3.49. The maximum atomic E-state index is 11.6. The van der Waals surface area contributed by atoms with E-state index in [9.17, 15) is 4.79 Å². The molecule has 0 fully saturated rings. The minimum absolute atomic E-state index is 0.0276. The molecule has 0 saturated carbocycles. The molecule has 0 saturated heterocycles. The molecule has 0 rings (SSSR count). The molecule has 0 atom stereocenters. The van der Waals surface area contributed by atoms with E-state index in [-0.39, 0.29) is 11.9 Å². The molecule has 2 heteroatoms. The SMILES string of the molecule is C=C(C)C(CC(=O)OC(C)(C)C)C(=C)C. The van der Waals surface area contributed by atoms with E-state index in [0.717, 1.165) is 11.1 Å². The Bertz CT molecular complexity index is 255. The predicted molar refractivity (Wildman–Crippen MR) is 63.6 cm³/mol. The summed E-state index contributed by atoms with van der Waals surface area (Å²) in [6, 6.07) is 0. The van der Waals surface area contributed by atoms with Gasteiger partial charge in [-0.3, -0.25) is 4.79 Å². The van der Waals surface area contributed by atoms with Crippen LogP contribution in [0.3, 0.4) is 0 Å². The highest BCUT2D eigenvalue weighted by molar-refractivity contribution is 5.71. The maximum absolute atomic E-state index is 11.6. The molecule has 0 unspecified atom stereocenters. The zero-order valence-corrected chi connectivity index (χ0v) is 10.5. The number of allylic oxidation sites excluding steroid dienone is 2. The van der Waals surface area contributed by atoms with Crippen molar-refractivity contribution in [1.82, 2.24) is 0 Å². The highest BCUT2D eigenvalue weighted by Crippen LogP contribution is 2.22. The molecule has 0 amide bonds. The van der Waals surface area contributed by atoms with E-state index in [1.165, 1.54) is 0 Å². The van der Waals surface area contributed by atoms with E-state index in [1.54, 1.807) is 0 Å². The van der Waals surface area contributed by atoms with Gasteiger partial charge in [0.2, 0.25) is 0 Å². The van der Waals surface area contributed by atoms with E-state index in [0.29, 0.717) is 6.42 Å². The van der Waals surface area contributed by atoms with Crippen LogP contribution in [0.5, 0.6) is 0 Å². The van der Waals surface area contributed by atoms with Gasteiger partial charge in [-0.05, 0) is 34.6 Å². The lowest BCUT2D eigenvalue weighted by atomic mass is 9.92. The van der Waals surface area contributed by atoms with Gasteiger partial charge in [0, 0.05) is 5.92 Å². The molecule has 0 aromatic rings. The Morgan fingerprint density at radius 2 is 1.60 bits per heavy atom. The first-order valence-corrected chi connectivity index (χ1v) is 5.16. The summed E-state index contributed by atoms with van der Waals surface area (Å²) in [5, 5.41) is 0. The number of esters is 1. The highest BCUT2D eigenvalue weighted by atomic mass is 16.6. The van der Waals surface area contributed by atoms with E-state index >= 15 is 0 Å². The Morgan fingerprint density at radius 1 is 1.20 bits per heavy atom. The molecule has 0 N–H and O–H groups in total. The molecule has 0 spiro atoms. The monoisotopic (exact) mass is 210 g/mol. The topological polar surface area (TPSA) is 26.3 Å². The summed E-state index contributed by atoms with van der Waals surface area (Å²) in [7, 11) is 0. The van der Waals surface area contributed by atoms with Crippen LogP contribution in [0.2, 0.25) is 0 Å². The molecule has 0 radical (unpaired) electrons. The van der Waals surface area contributed by atoms with Crippen LogP contribution in [0.25, 0.3) is 0 Å². The molecule has 0 aromatic heterocycles. The van der Waals surface area contributed by atoms with Crippen molar-refractivity contribution in [2.75, 3.05) is 0 Å². The first-order chi connectivity index (χ1) is 6.63. The molecular formula is C13H22O2. The van der Waals surface area contributed by atoms with Crippen molar-refractivity contribution in [3.63, 3.8) is 0 Å². The number of hydrogen-bond acceptors (Lipinski definition) is 2. The van der Waals surface area contributed by atoms with Crippen molar-refractivity contribution in [3.05, 3.63) is 24.3 Å². The first kappa shape index (κ1) is 13.9.